The third kappa shape index (κ3) is 4.83. The monoisotopic (exact) mass is 550 g/mol. The predicted octanol–water partition coefficient (Wildman–Crippen LogP) is 7.32. The maximum absolute atomic E-state index is 12.0. The van der Waals surface area contributed by atoms with Gasteiger partial charge in [-0.15, -0.1) is 21.5 Å². The molecule has 2 aromatic rings. The van der Waals surface area contributed by atoms with Crippen LogP contribution >= 0.6 is 11.3 Å². The molecule has 11 atom stereocenters. The van der Waals surface area contributed by atoms with E-state index in [9.17, 15) is 10.2 Å². The summed E-state index contributed by atoms with van der Waals surface area (Å²) in [6, 6.07) is 10.6. The van der Waals surface area contributed by atoms with Crippen molar-refractivity contribution in [3.8, 4) is 0 Å². The Morgan fingerprint density at radius 2 is 1.64 bits per heavy atom. The van der Waals surface area contributed by atoms with E-state index in [0.29, 0.717) is 40.9 Å². The number of rotatable bonds is 7. The van der Waals surface area contributed by atoms with E-state index in [0.717, 1.165) is 49.5 Å². The number of fused-ring (bicyclic) bond motifs is 5. The molecule has 1 heterocycles. The topological polar surface area (TPSA) is 66.2 Å². The van der Waals surface area contributed by atoms with E-state index in [2.05, 4.69) is 68.2 Å². The van der Waals surface area contributed by atoms with Gasteiger partial charge < -0.3 is 10.2 Å². The number of hydrogen-bond acceptors (Lipinski definition) is 5. The van der Waals surface area contributed by atoms with Crippen molar-refractivity contribution in [1.29, 1.82) is 0 Å². The highest BCUT2D eigenvalue weighted by Gasteiger charge is 2.64. The highest BCUT2D eigenvalue weighted by molar-refractivity contribution is 7.11. The van der Waals surface area contributed by atoms with E-state index in [1.807, 2.05) is 0 Å². The maximum Gasteiger partial charge on any atom is 0.121 e. The van der Waals surface area contributed by atoms with Gasteiger partial charge in [-0.25, -0.2) is 0 Å². The van der Waals surface area contributed by atoms with Gasteiger partial charge in [0.05, 0.1) is 12.2 Å². The fraction of sp³-hybridized carbons (Fsp3) is 0.765. The van der Waals surface area contributed by atoms with Crippen LogP contribution in [0, 0.1) is 52.3 Å². The van der Waals surface area contributed by atoms with Crippen molar-refractivity contribution in [2.75, 3.05) is 0 Å². The summed E-state index contributed by atoms with van der Waals surface area (Å²) in [7, 11) is 0. The van der Waals surface area contributed by atoms with Crippen LogP contribution in [0.25, 0.3) is 0 Å². The molecule has 4 aliphatic rings. The van der Waals surface area contributed by atoms with Crippen LogP contribution in [0.4, 0.5) is 0 Å². The van der Waals surface area contributed by atoms with Crippen molar-refractivity contribution < 1.29 is 10.2 Å². The third-order valence-corrected chi connectivity index (χ3v) is 13.7. The highest BCUT2D eigenvalue weighted by Crippen LogP contribution is 2.69. The molecule has 0 amide bonds. The van der Waals surface area contributed by atoms with Crippen molar-refractivity contribution in [2.45, 2.75) is 111 Å². The van der Waals surface area contributed by atoms with Crippen LogP contribution in [-0.4, -0.2) is 32.6 Å². The molecule has 1 aromatic heterocycles. The van der Waals surface area contributed by atoms with Gasteiger partial charge in [0.1, 0.15) is 10.0 Å². The lowest BCUT2D eigenvalue weighted by Gasteiger charge is -2.64. The molecule has 0 spiro atoms. The second kappa shape index (κ2) is 10.8. The number of benzene rings is 1. The van der Waals surface area contributed by atoms with Gasteiger partial charge in [0.2, 0.25) is 0 Å². The van der Waals surface area contributed by atoms with E-state index >= 15 is 0 Å². The Bertz CT molecular complexity index is 1120. The van der Waals surface area contributed by atoms with E-state index in [4.69, 9.17) is 0 Å². The van der Waals surface area contributed by atoms with Crippen LogP contribution in [0.15, 0.2) is 30.3 Å². The molecule has 4 fully saturated rings. The predicted molar refractivity (Wildman–Crippen MR) is 158 cm³/mol. The first-order chi connectivity index (χ1) is 18.7. The molecular weight excluding hydrogens is 500 g/mol. The number of aliphatic hydroxyl groups excluding tert-OH is 2. The minimum absolute atomic E-state index is 0.172. The molecule has 0 saturated heterocycles. The van der Waals surface area contributed by atoms with Crippen molar-refractivity contribution in [2.24, 2.45) is 52.3 Å². The second-order valence-corrected chi connectivity index (χ2v) is 15.5. The molecule has 6 rings (SSSR count). The molecule has 2 unspecified atom stereocenters. The number of nitrogens with zero attached hydrogens (tertiary/aromatic N) is 2. The highest BCUT2D eigenvalue weighted by atomic mass is 32.1. The molecule has 0 aliphatic heterocycles. The summed E-state index contributed by atoms with van der Waals surface area (Å²) in [5.41, 5.74) is 1.91. The van der Waals surface area contributed by atoms with Crippen LogP contribution in [-0.2, 0) is 12.8 Å². The minimum atomic E-state index is -0.202. The molecule has 4 nitrogen and oxygen atoms in total. The summed E-state index contributed by atoms with van der Waals surface area (Å²) in [5, 5.41) is 33.9. The normalized spacial score (nSPS) is 42.4. The quantitative estimate of drug-likeness (QED) is 0.379. The minimum Gasteiger partial charge on any atom is -0.393 e. The van der Waals surface area contributed by atoms with Crippen molar-refractivity contribution in [3.05, 3.63) is 45.9 Å². The Morgan fingerprint density at radius 1 is 0.923 bits per heavy atom. The molecule has 4 saturated carbocycles. The van der Waals surface area contributed by atoms with Gasteiger partial charge in [-0.1, -0.05) is 64.4 Å². The zero-order chi connectivity index (χ0) is 27.4. The van der Waals surface area contributed by atoms with Crippen LogP contribution in [0.5, 0.6) is 0 Å². The fourth-order valence-electron chi connectivity index (χ4n) is 10.7. The smallest absolute Gasteiger partial charge is 0.121 e. The van der Waals surface area contributed by atoms with Gasteiger partial charge >= 0.3 is 0 Å². The number of hydrogen-bond donors (Lipinski definition) is 2. The number of aliphatic hydroxyl groups is 2. The van der Waals surface area contributed by atoms with Gasteiger partial charge in [-0.2, -0.15) is 0 Å². The van der Waals surface area contributed by atoms with Crippen LogP contribution in [0.2, 0.25) is 0 Å². The Hall–Kier alpha value is -1.30. The van der Waals surface area contributed by atoms with Crippen molar-refractivity contribution >= 4 is 11.3 Å². The van der Waals surface area contributed by atoms with E-state index in [1.54, 1.807) is 11.3 Å². The van der Waals surface area contributed by atoms with Gasteiger partial charge in [0.15, 0.2) is 0 Å². The molecule has 0 bridgehead atoms. The first kappa shape index (κ1) is 27.8. The number of aromatic nitrogens is 2. The number of aryl methyl sites for hydroxylation is 1. The molecular formula is C34H50N2O2S. The molecule has 214 valence electrons. The van der Waals surface area contributed by atoms with E-state index < -0.39 is 0 Å². The maximum atomic E-state index is 12.0. The van der Waals surface area contributed by atoms with Gasteiger partial charge in [-0.3, -0.25) is 0 Å². The Labute approximate surface area is 240 Å². The Kier molecular flexibility index (Phi) is 7.74. The van der Waals surface area contributed by atoms with E-state index in [1.165, 1.54) is 42.7 Å². The average Bonchev–Trinajstić information content (AvgIpc) is 3.52. The summed E-state index contributed by atoms with van der Waals surface area (Å²) < 4.78 is 0. The van der Waals surface area contributed by atoms with Gasteiger partial charge in [0, 0.05) is 12.8 Å². The molecule has 0 radical (unpaired) electrons. The molecule has 5 heteroatoms. The molecule has 4 aliphatic carbocycles. The summed E-state index contributed by atoms with van der Waals surface area (Å²) in [6.45, 7) is 9.90. The van der Waals surface area contributed by atoms with E-state index in [-0.39, 0.29) is 17.6 Å². The third-order valence-electron chi connectivity index (χ3n) is 12.7. The van der Waals surface area contributed by atoms with Crippen molar-refractivity contribution in [1.82, 2.24) is 10.2 Å². The Balaban J connectivity index is 1.14. The summed E-state index contributed by atoms with van der Waals surface area (Å²) in [5.74, 6) is 3.89. The lowest BCUT2D eigenvalue weighted by molar-refractivity contribution is -0.203. The summed E-state index contributed by atoms with van der Waals surface area (Å²) >= 11 is 1.79. The summed E-state index contributed by atoms with van der Waals surface area (Å²) in [4.78, 5) is 0. The molecule has 39 heavy (non-hydrogen) atoms. The Morgan fingerprint density at radius 3 is 2.41 bits per heavy atom. The largest absolute Gasteiger partial charge is 0.393 e. The first-order valence-electron chi connectivity index (χ1n) is 16.0. The summed E-state index contributed by atoms with van der Waals surface area (Å²) in [6.07, 6.45) is 11.9. The van der Waals surface area contributed by atoms with Crippen LogP contribution in [0.1, 0.15) is 101 Å². The lowest BCUT2D eigenvalue weighted by atomic mass is 9.41. The zero-order valence-electron chi connectivity index (χ0n) is 24.6. The average molecular weight is 551 g/mol. The fourth-order valence-corrected chi connectivity index (χ4v) is 11.6. The van der Waals surface area contributed by atoms with Crippen LogP contribution < -0.4 is 0 Å². The van der Waals surface area contributed by atoms with Gasteiger partial charge in [-0.05, 0) is 109 Å². The second-order valence-electron chi connectivity index (χ2n) is 14.4. The SMILES string of the molecule is CC[C@@H]1C2C[C@H](O)CCC2(C)[C@H]2CC[C@]3(C)[C@@H]([C@H](C)CCc4nnc(Cc5ccccc5)s4)CC[C@H]3[C@@H]2[C@@H]1O. The standard InChI is InChI=1S/C34H50N2O2S/c1-5-24-28-20-23(37)15-17-34(28,4)27-16-18-33(3)25(12-13-26(33)31(27)32(24)38)21(2)11-14-29-35-36-30(39-29)19-22-9-7-6-8-10-22/h6-10,21,23-28,31-32,37-38H,5,11-20H2,1-4H3/t21-,23-,24-,25-,26+,27+,28?,31+,32-,33-,34?/m1/s1. The first-order valence-corrected chi connectivity index (χ1v) is 16.8. The zero-order valence-corrected chi connectivity index (χ0v) is 25.4. The van der Waals surface area contributed by atoms with Gasteiger partial charge in [0.25, 0.3) is 0 Å². The van der Waals surface area contributed by atoms with Crippen molar-refractivity contribution in [3.63, 3.8) is 0 Å². The molecule has 1 aromatic carbocycles. The lowest BCUT2D eigenvalue weighted by Crippen LogP contribution is -2.62. The van der Waals surface area contributed by atoms with Crippen LogP contribution in [0.3, 0.4) is 0 Å². The molecule has 2 N–H and O–H groups in total.